The summed E-state index contributed by atoms with van der Waals surface area (Å²) in [5.41, 5.74) is 2.99. The summed E-state index contributed by atoms with van der Waals surface area (Å²) in [7, 11) is 0. The van der Waals surface area contributed by atoms with Gasteiger partial charge in [-0.3, -0.25) is 14.2 Å². The van der Waals surface area contributed by atoms with Crippen molar-refractivity contribution in [2.45, 2.75) is 46.7 Å². The van der Waals surface area contributed by atoms with E-state index in [2.05, 4.69) is 31.4 Å². The summed E-state index contributed by atoms with van der Waals surface area (Å²) in [6, 6.07) is 1.65. The van der Waals surface area contributed by atoms with Crippen LogP contribution in [0.15, 0.2) is 16.7 Å². The zero-order valence-electron chi connectivity index (χ0n) is 13.4. The number of carbonyl (C=O) groups excluding carboxylic acids is 1. The first-order valence-electron chi connectivity index (χ1n) is 7.39. The number of carbonyl (C=O) groups is 1. The van der Waals surface area contributed by atoms with Crippen LogP contribution in [0.1, 0.15) is 36.5 Å². The van der Waals surface area contributed by atoms with Crippen molar-refractivity contribution < 1.29 is 4.79 Å². The molecule has 2 aromatic heterocycles. The molecule has 0 saturated carbocycles. The summed E-state index contributed by atoms with van der Waals surface area (Å²) in [4.78, 5) is 12.2. The molecule has 0 spiro atoms. The van der Waals surface area contributed by atoms with Gasteiger partial charge in [-0.1, -0.05) is 0 Å². The van der Waals surface area contributed by atoms with Crippen LogP contribution in [0.3, 0.4) is 0 Å². The van der Waals surface area contributed by atoms with Gasteiger partial charge in [-0.25, -0.2) is 0 Å². The highest BCUT2D eigenvalue weighted by Gasteiger charge is 2.19. The standard InChI is InChI=1S/C15H22BrN5O/c1-10-6-8-18-20(10)9-5-7-17-15(22)13(4)21-12(3)14(16)11(2)19-21/h6,8,13H,5,7,9H2,1-4H3,(H,17,22). The number of halogens is 1. The summed E-state index contributed by atoms with van der Waals surface area (Å²) in [5.74, 6) is -0.0183. The predicted octanol–water partition coefficient (Wildman–Crippen LogP) is 2.53. The molecule has 6 nitrogen and oxygen atoms in total. The molecular weight excluding hydrogens is 346 g/mol. The van der Waals surface area contributed by atoms with Crippen molar-refractivity contribution in [2.24, 2.45) is 0 Å². The van der Waals surface area contributed by atoms with Crippen LogP contribution in [-0.4, -0.2) is 32.0 Å². The minimum absolute atomic E-state index is 0.0183. The number of hydrogen-bond acceptors (Lipinski definition) is 3. The SMILES string of the molecule is Cc1nn(C(C)C(=O)NCCCn2nccc2C)c(C)c1Br. The Morgan fingerprint density at radius 3 is 2.68 bits per heavy atom. The van der Waals surface area contributed by atoms with Crippen molar-refractivity contribution >= 4 is 21.8 Å². The number of aromatic nitrogens is 4. The molecule has 1 amide bonds. The largest absolute Gasteiger partial charge is 0.354 e. The monoisotopic (exact) mass is 367 g/mol. The van der Waals surface area contributed by atoms with E-state index in [0.29, 0.717) is 6.54 Å². The van der Waals surface area contributed by atoms with E-state index in [1.807, 2.05) is 38.4 Å². The molecule has 0 bridgehead atoms. The van der Waals surface area contributed by atoms with Crippen molar-refractivity contribution in [2.75, 3.05) is 6.54 Å². The molecule has 1 unspecified atom stereocenters. The lowest BCUT2D eigenvalue weighted by Gasteiger charge is -2.14. The van der Waals surface area contributed by atoms with Crippen molar-refractivity contribution in [1.29, 1.82) is 0 Å². The van der Waals surface area contributed by atoms with Crippen LogP contribution in [0, 0.1) is 20.8 Å². The van der Waals surface area contributed by atoms with E-state index < -0.39 is 0 Å². The number of aryl methyl sites for hydroxylation is 3. The van der Waals surface area contributed by atoms with Gasteiger partial charge in [0.1, 0.15) is 6.04 Å². The Labute approximate surface area is 139 Å². The van der Waals surface area contributed by atoms with Crippen molar-refractivity contribution in [3.8, 4) is 0 Å². The zero-order valence-corrected chi connectivity index (χ0v) is 15.0. The minimum atomic E-state index is -0.323. The molecule has 0 aromatic carbocycles. The van der Waals surface area contributed by atoms with E-state index in [9.17, 15) is 4.79 Å². The molecule has 0 fully saturated rings. The van der Waals surface area contributed by atoms with Gasteiger partial charge < -0.3 is 5.32 Å². The lowest BCUT2D eigenvalue weighted by molar-refractivity contribution is -0.124. The van der Waals surface area contributed by atoms with Gasteiger partial charge in [-0.05, 0) is 56.1 Å². The third kappa shape index (κ3) is 3.58. The Hall–Kier alpha value is -1.63. The number of hydrogen-bond donors (Lipinski definition) is 1. The molecule has 1 atom stereocenters. The maximum absolute atomic E-state index is 12.2. The Bertz CT molecular complexity index is 661. The highest BCUT2D eigenvalue weighted by Crippen LogP contribution is 2.22. The fraction of sp³-hybridized carbons (Fsp3) is 0.533. The quantitative estimate of drug-likeness (QED) is 0.797. The van der Waals surface area contributed by atoms with Gasteiger partial charge >= 0.3 is 0 Å². The second-order valence-corrected chi connectivity index (χ2v) is 6.24. The van der Waals surface area contributed by atoms with Gasteiger partial charge in [0.2, 0.25) is 5.91 Å². The fourth-order valence-electron chi connectivity index (χ4n) is 2.35. The van der Waals surface area contributed by atoms with Crippen LogP contribution < -0.4 is 5.32 Å². The van der Waals surface area contributed by atoms with E-state index in [-0.39, 0.29) is 11.9 Å². The first kappa shape index (κ1) is 16.7. The Morgan fingerprint density at radius 1 is 1.41 bits per heavy atom. The molecule has 0 aliphatic rings. The third-order valence-electron chi connectivity index (χ3n) is 3.76. The van der Waals surface area contributed by atoms with Gasteiger partial charge in [-0.15, -0.1) is 0 Å². The summed E-state index contributed by atoms with van der Waals surface area (Å²) < 4.78 is 4.65. The molecule has 2 rings (SSSR count). The van der Waals surface area contributed by atoms with Gasteiger partial charge in [0.05, 0.1) is 15.9 Å². The normalized spacial score (nSPS) is 12.4. The molecule has 0 saturated heterocycles. The molecule has 22 heavy (non-hydrogen) atoms. The summed E-state index contributed by atoms with van der Waals surface area (Å²) in [6.07, 6.45) is 2.64. The average Bonchev–Trinajstić information content (AvgIpc) is 3.01. The fourth-order valence-corrected chi connectivity index (χ4v) is 2.61. The molecule has 2 heterocycles. The molecule has 120 valence electrons. The van der Waals surface area contributed by atoms with Crippen LogP contribution >= 0.6 is 15.9 Å². The highest BCUT2D eigenvalue weighted by molar-refractivity contribution is 9.10. The summed E-state index contributed by atoms with van der Waals surface area (Å²) >= 11 is 3.49. The van der Waals surface area contributed by atoms with Crippen LogP contribution in [-0.2, 0) is 11.3 Å². The number of nitrogens with zero attached hydrogens (tertiary/aromatic N) is 4. The van der Waals surface area contributed by atoms with Crippen LogP contribution in [0.25, 0.3) is 0 Å². The molecule has 1 N–H and O–H groups in total. The van der Waals surface area contributed by atoms with E-state index in [1.165, 1.54) is 0 Å². The zero-order chi connectivity index (χ0) is 16.3. The maximum atomic E-state index is 12.2. The lowest BCUT2D eigenvalue weighted by Crippen LogP contribution is -2.33. The first-order chi connectivity index (χ1) is 10.4. The van der Waals surface area contributed by atoms with Crippen molar-refractivity contribution in [3.05, 3.63) is 33.8 Å². The van der Waals surface area contributed by atoms with Crippen molar-refractivity contribution in [1.82, 2.24) is 24.9 Å². The van der Waals surface area contributed by atoms with Gasteiger partial charge in [0.25, 0.3) is 0 Å². The second kappa shape index (κ2) is 7.09. The molecule has 0 radical (unpaired) electrons. The van der Waals surface area contributed by atoms with Gasteiger partial charge in [0, 0.05) is 25.0 Å². The Morgan fingerprint density at radius 2 is 2.14 bits per heavy atom. The Kier molecular flexibility index (Phi) is 5.39. The van der Waals surface area contributed by atoms with E-state index >= 15 is 0 Å². The molecule has 0 aliphatic heterocycles. The van der Waals surface area contributed by atoms with E-state index in [4.69, 9.17) is 0 Å². The topological polar surface area (TPSA) is 64.7 Å². The molecule has 0 aliphatic carbocycles. The predicted molar refractivity (Wildman–Crippen MR) is 88.7 cm³/mol. The number of amides is 1. The van der Waals surface area contributed by atoms with Crippen LogP contribution in [0.2, 0.25) is 0 Å². The second-order valence-electron chi connectivity index (χ2n) is 5.45. The van der Waals surface area contributed by atoms with Gasteiger partial charge in [0.15, 0.2) is 0 Å². The third-order valence-corrected chi connectivity index (χ3v) is 4.91. The smallest absolute Gasteiger partial charge is 0.244 e. The van der Waals surface area contributed by atoms with E-state index in [1.54, 1.807) is 10.9 Å². The summed E-state index contributed by atoms with van der Waals surface area (Å²) in [6.45, 7) is 9.19. The molecular formula is C15H22BrN5O. The summed E-state index contributed by atoms with van der Waals surface area (Å²) in [5, 5.41) is 11.6. The lowest BCUT2D eigenvalue weighted by atomic mass is 10.3. The van der Waals surface area contributed by atoms with Crippen LogP contribution in [0.5, 0.6) is 0 Å². The number of nitrogens with one attached hydrogen (secondary N) is 1. The minimum Gasteiger partial charge on any atom is -0.354 e. The van der Waals surface area contributed by atoms with E-state index in [0.717, 1.165) is 34.5 Å². The first-order valence-corrected chi connectivity index (χ1v) is 8.18. The molecule has 2 aromatic rings. The number of rotatable bonds is 6. The van der Waals surface area contributed by atoms with Gasteiger partial charge in [-0.2, -0.15) is 10.2 Å². The average molecular weight is 368 g/mol. The molecule has 7 heteroatoms. The Balaban J connectivity index is 1.84. The highest BCUT2D eigenvalue weighted by atomic mass is 79.9. The van der Waals surface area contributed by atoms with Crippen molar-refractivity contribution in [3.63, 3.8) is 0 Å². The van der Waals surface area contributed by atoms with Crippen LogP contribution in [0.4, 0.5) is 0 Å². The maximum Gasteiger partial charge on any atom is 0.244 e.